The van der Waals surface area contributed by atoms with E-state index in [9.17, 15) is 4.79 Å². The number of carbonyl (C=O) groups excluding carboxylic acids is 1. The molecule has 4 rings (SSSR count). The van der Waals surface area contributed by atoms with Crippen LogP contribution in [-0.4, -0.2) is 12.7 Å². The van der Waals surface area contributed by atoms with Crippen molar-refractivity contribution in [2.45, 2.75) is 51.0 Å². The second-order valence-corrected chi connectivity index (χ2v) is 8.28. The standard InChI is InChI=1S/C22H25NO3/c1-21(2,3)16-5-7-17(8-6-16)22(10-11-22)20(24)23-13-15-4-9-18-19(12-15)26-14-25-18/h4-9,12H,10-11,13-14H2,1-3H3,(H,23,24). The van der Waals surface area contributed by atoms with Crippen molar-refractivity contribution >= 4 is 5.91 Å². The third-order valence-corrected chi connectivity index (χ3v) is 5.38. The van der Waals surface area contributed by atoms with E-state index in [0.29, 0.717) is 6.54 Å². The van der Waals surface area contributed by atoms with Crippen LogP contribution >= 0.6 is 0 Å². The maximum absolute atomic E-state index is 12.8. The summed E-state index contributed by atoms with van der Waals surface area (Å²) in [5.74, 6) is 1.62. The van der Waals surface area contributed by atoms with Gasteiger partial charge in [0.2, 0.25) is 12.7 Å². The maximum Gasteiger partial charge on any atom is 0.231 e. The Bertz CT molecular complexity index is 829. The highest BCUT2D eigenvalue weighted by atomic mass is 16.7. The SMILES string of the molecule is CC(C)(C)c1ccc(C2(C(=O)NCc3ccc4c(c3)OCO4)CC2)cc1. The van der Waals surface area contributed by atoms with Crippen LogP contribution in [0.3, 0.4) is 0 Å². The van der Waals surface area contributed by atoms with E-state index < -0.39 is 0 Å². The quantitative estimate of drug-likeness (QED) is 0.904. The number of rotatable bonds is 4. The Balaban J connectivity index is 1.44. The molecule has 0 bridgehead atoms. The largest absolute Gasteiger partial charge is 0.454 e. The van der Waals surface area contributed by atoms with Crippen molar-refractivity contribution in [3.63, 3.8) is 0 Å². The average Bonchev–Trinajstić information content (AvgIpc) is 3.30. The van der Waals surface area contributed by atoms with Crippen LogP contribution in [0.15, 0.2) is 42.5 Å². The highest BCUT2D eigenvalue weighted by Crippen LogP contribution is 2.48. The molecule has 4 nitrogen and oxygen atoms in total. The minimum Gasteiger partial charge on any atom is -0.454 e. The lowest BCUT2D eigenvalue weighted by Gasteiger charge is -2.21. The van der Waals surface area contributed by atoms with Crippen molar-refractivity contribution < 1.29 is 14.3 Å². The fraction of sp³-hybridized carbons (Fsp3) is 0.409. The Kier molecular flexibility index (Phi) is 3.94. The van der Waals surface area contributed by atoms with Crippen LogP contribution in [0.5, 0.6) is 11.5 Å². The van der Waals surface area contributed by atoms with Crippen molar-refractivity contribution in [3.8, 4) is 11.5 Å². The van der Waals surface area contributed by atoms with E-state index >= 15 is 0 Å². The van der Waals surface area contributed by atoms with E-state index in [4.69, 9.17) is 9.47 Å². The zero-order valence-electron chi connectivity index (χ0n) is 15.6. The molecule has 0 atom stereocenters. The van der Waals surface area contributed by atoms with Gasteiger partial charge in [-0.3, -0.25) is 4.79 Å². The molecule has 1 heterocycles. The molecule has 1 fully saturated rings. The van der Waals surface area contributed by atoms with Gasteiger partial charge >= 0.3 is 0 Å². The molecule has 2 aliphatic rings. The summed E-state index contributed by atoms with van der Waals surface area (Å²) in [6, 6.07) is 14.3. The van der Waals surface area contributed by atoms with Crippen molar-refractivity contribution in [1.82, 2.24) is 5.32 Å². The van der Waals surface area contributed by atoms with E-state index in [1.807, 2.05) is 18.2 Å². The number of amides is 1. The topological polar surface area (TPSA) is 47.6 Å². The van der Waals surface area contributed by atoms with E-state index in [0.717, 1.165) is 35.5 Å². The summed E-state index contributed by atoms with van der Waals surface area (Å²) in [7, 11) is 0. The molecule has 1 amide bonds. The van der Waals surface area contributed by atoms with Gasteiger partial charge in [0.1, 0.15) is 0 Å². The molecule has 1 saturated carbocycles. The molecular weight excluding hydrogens is 326 g/mol. The second kappa shape index (κ2) is 6.04. The molecular formula is C22H25NO3. The number of carbonyl (C=O) groups is 1. The van der Waals surface area contributed by atoms with Crippen LogP contribution in [0.1, 0.15) is 50.3 Å². The molecule has 2 aromatic carbocycles. The fourth-order valence-electron chi connectivity index (χ4n) is 3.46. The predicted molar refractivity (Wildman–Crippen MR) is 100 cm³/mol. The summed E-state index contributed by atoms with van der Waals surface area (Å²) in [5.41, 5.74) is 3.19. The molecule has 1 aliphatic carbocycles. The van der Waals surface area contributed by atoms with Gasteiger partial charge in [0.15, 0.2) is 11.5 Å². The molecule has 26 heavy (non-hydrogen) atoms. The number of nitrogens with one attached hydrogen (secondary N) is 1. The lowest BCUT2D eigenvalue weighted by Crippen LogP contribution is -2.34. The predicted octanol–water partition coefficient (Wildman–Crippen LogP) is 4.06. The van der Waals surface area contributed by atoms with Crippen molar-refractivity contribution in [3.05, 3.63) is 59.2 Å². The van der Waals surface area contributed by atoms with Gasteiger partial charge in [-0.15, -0.1) is 0 Å². The molecule has 0 radical (unpaired) electrons. The summed E-state index contributed by atoms with van der Waals surface area (Å²) in [6.07, 6.45) is 1.82. The Morgan fingerprint density at radius 1 is 1.04 bits per heavy atom. The average molecular weight is 351 g/mol. The first-order chi connectivity index (χ1) is 12.4. The summed E-state index contributed by atoms with van der Waals surface area (Å²) in [4.78, 5) is 12.8. The minimum atomic E-state index is -0.354. The summed E-state index contributed by atoms with van der Waals surface area (Å²) in [5, 5.41) is 3.10. The summed E-state index contributed by atoms with van der Waals surface area (Å²) >= 11 is 0. The van der Waals surface area contributed by atoms with E-state index in [-0.39, 0.29) is 23.5 Å². The number of fused-ring (bicyclic) bond motifs is 1. The zero-order valence-corrected chi connectivity index (χ0v) is 15.6. The van der Waals surface area contributed by atoms with Gasteiger partial charge in [-0.1, -0.05) is 51.1 Å². The lowest BCUT2D eigenvalue weighted by atomic mass is 9.85. The monoisotopic (exact) mass is 351 g/mol. The molecule has 1 aliphatic heterocycles. The van der Waals surface area contributed by atoms with Gasteiger partial charge in [0.25, 0.3) is 0 Å². The Labute approximate surface area is 154 Å². The van der Waals surface area contributed by atoms with Crippen LogP contribution in [0, 0.1) is 0 Å². The van der Waals surface area contributed by atoms with Crippen LogP contribution in [0.4, 0.5) is 0 Å². The number of benzene rings is 2. The van der Waals surface area contributed by atoms with Crippen molar-refractivity contribution in [2.75, 3.05) is 6.79 Å². The maximum atomic E-state index is 12.8. The van der Waals surface area contributed by atoms with Gasteiger partial charge in [-0.25, -0.2) is 0 Å². The first-order valence-corrected chi connectivity index (χ1v) is 9.16. The Hall–Kier alpha value is -2.49. The van der Waals surface area contributed by atoms with Crippen LogP contribution in [0.25, 0.3) is 0 Å². The van der Waals surface area contributed by atoms with E-state index in [1.165, 1.54) is 5.56 Å². The van der Waals surface area contributed by atoms with Gasteiger partial charge in [-0.2, -0.15) is 0 Å². The van der Waals surface area contributed by atoms with Gasteiger partial charge < -0.3 is 14.8 Å². The molecule has 136 valence electrons. The summed E-state index contributed by atoms with van der Waals surface area (Å²) < 4.78 is 10.7. The van der Waals surface area contributed by atoms with Crippen molar-refractivity contribution in [2.24, 2.45) is 0 Å². The highest BCUT2D eigenvalue weighted by Gasteiger charge is 2.51. The smallest absolute Gasteiger partial charge is 0.231 e. The number of hydrogen-bond donors (Lipinski definition) is 1. The Morgan fingerprint density at radius 2 is 1.73 bits per heavy atom. The molecule has 0 spiro atoms. The molecule has 0 unspecified atom stereocenters. The van der Waals surface area contributed by atoms with Crippen LogP contribution < -0.4 is 14.8 Å². The van der Waals surface area contributed by atoms with Gasteiger partial charge in [0.05, 0.1) is 5.41 Å². The summed E-state index contributed by atoms with van der Waals surface area (Å²) in [6.45, 7) is 7.36. The minimum absolute atomic E-state index is 0.110. The number of ether oxygens (including phenoxy) is 2. The molecule has 2 aromatic rings. The number of hydrogen-bond acceptors (Lipinski definition) is 3. The van der Waals surface area contributed by atoms with Gasteiger partial charge in [-0.05, 0) is 47.1 Å². The molecule has 4 heteroatoms. The highest BCUT2D eigenvalue weighted by molar-refractivity contribution is 5.91. The third kappa shape index (κ3) is 3.05. The van der Waals surface area contributed by atoms with Crippen LogP contribution in [-0.2, 0) is 22.2 Å². The third-order valence-electron chi connectivity index (χ3n) is 5.38. The normalized spacial score (nSPS) is 17.0. The Morgan fingerprint density at radius 3 is 2.38 bits per heavy atom. The molecule has 1 N–H and O–H groups in total. The fourth-order valence-corrected chi connectivity index (χ4v) is 3.46. The first kappa shape index (κ1) is 17.0. The molecule has 0 saturated heterocycles. The first-order valence-electron chi connectivity index (χ1n) is 9.16. The molecule has 0 aromatic heterocycles. The zero-order chi connectivity index (χ0) is 18.4. The van der Waals surface area contributed by atoms with Gasteiger partial charge in [0, 0.05) is 6.54 Å². The van der Waals surface area contributed by atoms with Crippen LogP contribution in [0.2, 0.25) is 0 Å². The van der Waals surface area contributed by atoms with E-state index in [2.05, 4.69) is 50.4 Å². The second-order valence-electron chi connectivity index (χ2n) is 8.28. The van der Waals surface area contributed by atoms with E-state index in [1.54, 1.807) is 0 Å². The lowest BCUT2D eigenvalue weighted by molar-refractivity contribution is -0.123. The van der Waals surface area contributed by atoms with Crippen molar-refractivity contribution in [1.29, 1.82) is 0 Å².